The Kier molecular flexibility index (Phi) is 5.55. The maximum atomic E-state index is 12.0. The molecule has 0 saturated carbocycles. The molecular weight excluding hydrogens is 236 g/mol. The van der Waals surface area contributed by atoms with E-state index in [1.54, 1.807) is 14.0 Å². The van der Waals surface area contributed by atoms with Gasteiger partial charge < -0.3 is 20.1 Å². The van der Waals surface area contributed by atoms with Crippen LogP contribution in [-0.4, -0.2) is 51.3 Å². The molecule has 1 amide bonds. The molecule has 1 rings (SSSR count). The Hall–Kier alpha value is -1.14. The highest BCUT2D eigenvalue weighted by Gasteiger charge is 2.33. The molecule has 0 spiro atoms. The number of hydrogen-bond acceptors (Lipinski definition) is 5. The third kappa shape index (κ3) is 4.27. The van der Waals surface area contributed by atoms with E-state index < -0.39 is 5.54 Å². The molecule has 18 heavy (non-hydrogen) atoms. The van der Waals surface area contributed by atoms with Crippen molar-refractivity contribution in [3.8, 4) is 0 Å². The number of carbonyl (C=O) groups is 2. The van der Waals surface area contributed by atoms with Crippen molar-refractivity contribution < 1.29 is 19.1 Å². The van der Waals surface area contributed by atoms with Crippen molar-refractivity contribution in [3.63, 3.8) is 0 Å². The van der Waals surface area contributed by atoms with Crippen molar-refractivity contribution in [2.24, 2.45) is 5.92 Å². The molecule has 1 heterocycles. The highest BCUT2D eigenvalue weighted by molar-refractivity contribution is 5.81. The van der Waals surface area contributed by atoms with Crippen LogP contribution in [0.1, 0.15) is 19.8 Å². The van der Waals surface area contributed by atoms with E-state index in [1.165, 1.54) is 7.11 Å². The minimum atomic E-state index is -0.721. The zero-order valence-corrected chi connectivity index (χ0v) is 11.2. The van der Waals surface area contributed by atoms with Crippen molar-refractivity contribution in [2.45, 2.75) is 25.3 Å². The van der Waals surface area contributed by atoms with Crippen LogP contribution in [0.5, 0.6) is 0 Å². The summed E-state index contributed by atoms with van der Waals surface area (Å²) in [4.78, 5) is 23.4. The van der Waals surface area contributed by atoms with Crippen molar-refractivity contribution >= 4 is 11.9 Å². The first-order chi connectivity index (χ1) is 8.50. The molecule has 6 heteroatoms. The lowest BCUT2D eigenvalue weighted by Gasteiger charge is -2.30. The zero-order chi connectivity index (χ0) is 13.6. The molecule has 104 valence electrons. The first-order valence-corrected chi connectivity index (χ1v) is 6.09. The Morgan fingerprint density at radius 2 is 2.17 bits per heavy atom. The molecule has 0 aromatic carbocycles. The third-order valence-corrected chi connectivity index (χ3v) is 3.08. The van der Waals surface area contributed by atoms with E-state index >= 15 is 0 Å². The third-order valence-electron chi connectivity index (χ3n) is 3.08. The van der Waals surface area contributed by atoms with Gasteiger partial charge in [0.25, 0.3) is 0 Å². The lowest BCUT2D eigenvalue weighted by atomic mass is 9.97. The monoisotopic (exact) mass is 258 g/mol. The second-order valence-electron chi connectivity index (χ2n) is 4.93. The SMILES string of the molecule is COCC(C)(CC(=O)OC)NC(=O)C1CCNC1. The number of rotatable bonds is 6. The zero-order valence-electron chi connectivity index (χ0n) is 11.2. The molecule has 1 fully saturated rings. The van der Waals surface area contributed by atoms with Crippen LogP contribution in [0.15, 0.2) is 0 Å². The van der Waals surface area contributed by atoms with E-state index in [4.69, 9.17) is 4.74 Å². The van der Waals surface area contributed by atoms with Crippen LogP contribution in [0.2, 0.25) is 0 Å². The standard InChI is InChI=1S/C12H22N2O4/c1-12(8-17-2,6-10(15)18-3)14-11(16)9-4-5-13-7-9/h9,13H,4-8H2,1-3H3,(H,14,16). The summed E-state index contributed by atoms with van der Waals surface area (Å²) in [5.41, 5.74) is -0.721. The molecule has 1 aliphatic rings. The fourth-order valence-corrected chi connectivity index (χ4v) is 2.12. The van der Waals surface area contributed by atoms with Crippen molar-refractivity contribution in [2.75, 3.05) is 33.9 Å². The summed E-state index contributed by atoms with van der Waals surface area (Å²) < 4.78 is 9.72. The molecule has 0 bridgehead atoms. The molecule has 2 atom stereocenters. The van der Waals surface area contributed by atoms with Crippen LogP contribution in [0.25, 0.3) is 0 Å². The van der Waals surface area contributed by atoms with Gasteiger partial charge in [-0.1, -0.05) is 0 Å². The van der Waals surface area contributed by atoms with Gasteiger partial charge in [-0.3, -0.25) is 9.59 Å². The highest BCUT2D eigenvalue weighted by Crippen LogP contribution is 2.15. The predicted octanol–water partition coefficient (Wildman–Crippen LogP) is -0.320. The van der Waals surface area contributed by atoms with Crippen LogP contribution >= 0.6 is 0 Å². The highest BCUT2D eigenvalue weighted by atomic mass is 16.5. The summed E-state index contributed by atoms with van der Waals surface area (Å²) in [7, 11) is 2.87. The van der Waals surface area contributed by atoms with E-state index in [0.717, 1.165) is 13.0 Å². The van der Waals surface area contributed by atoms with Gasteiger partial charge in [0.15, 0.2) is 0 Å². The minimum absolute atomic E-state index is 0.0289. The molecule has 0 aromatic rings. The Labute approximate surface area is 107 Å². The topological polar surface area (TPSA) is 76.7 Å². The van der Waals surface area contributed by atoms with Gasteiger partial charge in [-0.2, -0.15) is 0 Å². The molecule has 2 unspecified atom stereocenters. The predicted molar refractivity (Wildman–Crippen MR) is 66.0 cm³/mol. The maximum absolute atomic E-state index is 12.0. The number of esters is 1. The molecule has 0 radical (unpaired) electrons. The van der Waals surface area contributed by atoms with Crippen LogP contribution in [0.3, 0.4) is 0 Å². The number of methoxy groups -OCH3 is 2. The summed E-state index contributed by atoms with van der Waals surface area (Å²) in [5, 5.41) is 6.04. The van der Waals surface area contributed by atoms with Crippen LogP contribution in [0.4, 0.5) is 0 Å². The summed E-state index contributed by atoms with van der Waals surface area (Å²) in [6.07, 6.45) is 0.927. The molecule has 0 aromatic heterocycles. The normalized spacial score (nSPS) is 22.3. The second-order valence-corrected chi connectivity index (χ2v) is 4.93. The molecule has 1 saturated heterocycles. The van der Waals surface area contributed by atoms with Gasteiger partial charge in [-0.15, -0.1) is 0 Å². The van der Waals surface area contributed by atoms with Crippen molar-refractivity contribution in [3.05, 3.63) is 0 Å². The summed E-state index contributed by atoms with van der Waals surface area (Å²) in [5.74, 6) is -0.429. The number of carbonyl (C=O) groups excluding carboxylic acids is 2. The van der Waals surface area contributed by atoms with Crippen molar-refractivity contribution in [1.82, 2.24) is 10.6 Å². The largest absolute Gasteiger partial charge is 0.469 e. The number of ether oxygens (including phenoxy) is 2. The number of hydrogen-bond donors (Lipinski definition) is 2. The van der Waals surface area contributed by atoms with Crippen LogP contribution in [-0.2, 0) is 19.1 Å². The summed E-state index contributed by atoms with van der Waals surface area (Å²) in [6.45, 7) is 3.60. The van der Waals surface area contributed by atoms with E-state index in [0.29, 0.717) is 6.54 Å². The Bertz CT molecular complexity index is 302. The molecular formula is C12H22N2O4. The van der Waals surface area contributed by atoms with Crippen LogP contribution in [0, 0.1) is 5.92 Å². The number of nitrogens with one attached hydrogen (secondary N) is 2. The molecule has 1 aliphatic heterocycles. The fraction of sp³-hybridized carbons (Fsp3) is 0.833. The average Bonchev–Trinajstić information content (AvgIpc) is 2.82. The van der Waals surface area contributed by atoms with E-state index in [9.17, 15) is 9.59 Å². The Balaban J connectivity index is 2.59. The fourth-order valence-electron chi connectivity index (χ4n) is 2.12. The molecule has 6 nitrogen and oxygen atoms in total. The average molecular weight is 258 g/mol. The quantitative estimate of drug-likeness (QED) is 0.639. The summed E-state index contributed by atoms with van der Waals surface area (Å²) in [6, 6.07) is 0. The first kappa shape index (κ1) is 14.9. The van der Waals surface area contributed by atoms with E-state index in [2.05, 4.69) is 15.4 Å². The lowest BCUT2D eigenvalue weighted by molar-refractivity contribution is -0.143. The Morgan fingerprint density at radius 3 is 2.67 bits per heavy atom. The second kappa shape index (κ2) is 6.70. The maximum Gasteiger partial charge on any atom is 0.307 e. The minimum Gasteiger partial charge on any atom is -0.469 e. The van der Waals surface area contributed by atoms with Gasteiger partial charge in [0.1, 0.15) is 0 Å². The number of amides is 1. The van der Waals surface area contributed by atoms with Crippen molar-refractivity contribution in [1.29, 1.82) is 0 Å². The van der Waals surface area contributed by atoms with E-state index in [1.807, 2.05) is 0 Å². The molecule has 0 aliphatic carbocycles. The smallest absolute Gasteiger partial charge is 0.307 e. The lowest BCUT2D eigenvalue weighted by Crippen LogP contribution is -2.52. The molecule has 2 N–H and O–H groups in total. The van der Waals surface area contributed by atoms with Gasteiger partial charge in [0, 0.05) is 13.7 Å². The first-order valence-electron chi connectivity index (χ1n) is 6.09. The van der Waals surface area contributed by atoms with Gasteiger partial charge in [0.2, 0.25) is 5.91 Å². The van der Waals surface area contributed by atoms with E-state index in [-0.39, 0.29) is 30.8 Å². The summed E-state index contributed by atoms with van der Waals surface area (Å²) >= 11 is 0. The Morgan fingerprint density at radius 1 is 1.44 bits per heavy atom. The van der Waals surface area contributed by atoms with Gasteiger partial charge >= 0.3 is 5.97 Å². The van der Waals surface area contributed by atoms with Gasteiger partial charge in [-0.25, -0.2) is 0 Å². The van der Waals surface area contributed by atoms with Gasteiger partial charge in [0.05, 0.1) is 31.6 Å². The van der Waals surface area contributed by atoms with Crippen LogP contribution < -0.4 is 10.6 Å². The van der Waals surface area contributed by atoms with Gasteiger partial charge in [-0.05, 0) is 19.9 Å².